The number of amides is 2. The minimum absolute atomic E-state index is 0.0855. The lowest BCUT2D eigenvalue weighted by Gasteiger charge is -2.25. The fraction of sp³-hybridized carbons (Fsp3) is 0.242. The van der Waals surface area contributed by atoms with E-state index >= 15 is 0 Å². The van der Waals surface area contributed by atoms with Crippen LogP contribution in [0.5, 0.6) is 0 Å². The van der Waals surface area contributed by atoms with E-state index in [1.54, 1.807) is 50.5 Å². The summed E-state index contributed by atoms with van der Waals surface area (Å²) < 4.78 is 30.6. The molecule has 0 aliphatic carbocycles. The molecule has 4 aromatic rings. The fourth-order valence-electron chi connectivity index (χ4n) is 4.88. The Balaban J connectivity index is 1.70. The van der Waals surface area contributed by atoms with Gasteiger partial charge in [-0.25, -0.2) is 8.42 Å². The van der Waals surface area contributed by atoms with Gasteiger partial charge in [-0.2, -0.15) is 5.26 Å². The maximum absolute atomic E-state index is 14.0. The molecule has 0 saturated heterocycles. The quantitative estimate of drug-likeness (QED) is 0.285. The second kappa shape index (κ2) is 12.9. The van der Waals surface area contributed by atoms with Crippen molar-refractivity contribution in [2.24, 2.45) is 0 Å². The SMILES string of the molecule is Cc1ccc(CC(C(=O)NC(Cc2ccc(C#N)cc2)C(=O)N(C)C)S(=O)(=O)Nc2cccc3ccccc23)c(C)c1. The van der Waals surface area contributed by atoms with Crippen LogP contribution in [0.2, 0.25) is 0 Å². The molecule has 42 heavy (non-hydrogen) atoms. The molecule has 2 unspecified atom stereocenters. The highest BCUT2D eigenvalue weighted by molar-refractivity contribution is 7.94. The monoisotopic (exact) mass is 582 g/mol. The van der Waals surface area contributed by atoms with E-state index in [4.69, 9.17) is 5.26 Å². The van der Waals surface area contributed by atoms with Crippen LogP contribution in [0.25, 0.3) is 10.8 Å². The van der Waals surface area contributed by atoms with Crippen molar-refractivity contribution >= 4 is 38.3 Å². The largest absolute Gasteiger partial charge is 0.347 e. The van der Waals surface area contributed by atoms with Gasteiger partial charge in [-0.05, 0) is 54.1 Å². The molecule has 0 spiro atoms. The van der Waals surface area contributed by atoms with E-state index in [2.05, 4.69) is 16.1 Å². The second-order valence-electron chi connectivity index (χ2n) is 10.6. The molecule has 8 nitrogen and oxygen atoms in total. The van der Waals surface area contributed by atoms with Gasteiger partial charge >= 0.3 is 0 Å². The van der Waals surface area contributed by atoms with Gasteiger partial charge in [0.15, 0.2) is 5.25 Å². The lowest BCUT2D eigenvalue weighted by molar-refractivity contribution is -0.134. The van der Waals surface area contributed by atoms with Crippen LogP contribution in [0, 0.1) is 25.2 Å². The van der Waals surface area contributed by atoms with Crippen molar-refractivity contribution in [2.45, 2.75) is 38.0 Å². The highest BCUT2D eigenvalue weighted by Crippen LogP contribution is 2.26. The van der Waals surface area contributed by atoms with Crippen molar-refractivity contribution in [3.8, 4) is 6.07 Å². The van der Waals surface area contributed by atoms with Gasteiger partial charge in [0.25, 0.3) is 0 Å². The molecule has 2 N–H and O–H groups in total. The molecule has 9 heteroatoms. The molecule has 2 amide bonds. The molecule has 0 aromatic heterocycles. The summed E-state index contributed by atoms with van der Waals surface area (Å²) in [4.78, 5) is 28.4. The van der Waals surface area contributed by atoms with Crippen LogP contribution in [0.4, 0.5) is 5.69 Å². The first-order chi connectivity index (χ1) is 20.0. The maximum atomic E-state index is 14.0. The Morgan fingerprint density at radius 3 is 2.26 bits per heavy atom. The predicted octanol–water partition coefficient (Wildman–Crippen LogP) is 4.50. The first-order valence-electron chi connectivity index (χ1n) is 13.5. The van der Waals surface area contributed by atoms with Crippen molar-refractivity contribution < 1.29 is 18.0 Å². The standard InChI is InChI=1S/C33H34N4O4S/c1-22-12-17-27(23(2)18-22)20-31(42(40,41)36-29-11-7-9-26-8-5-6-10-28(26)29)32(38)35-30(33(39)37(3)4)19-24-13-15-25(21-34)16-14-24/h5-18,30-31,36H,19-20H2,1-4H3,(H,35,38). The number of hydrogen-bond acceptors (Lipinski definition) is 5. The van der Waals surface area contributed by atoms with Crippen LogP contribution < -0.4 is 10.0 Å². The van der Waals surface area contributed by atoms with Crippen LogP contribution in [-0.2, 0) is 32.5 Å². The fourth-order valence-corrected chi connectivity index (χ4v) is 6.26. The number of carbonyl (C=O) groups is 2. The molecule has 0 heterocycles. The smallest absolute Gasteiger partial charge is 0.245 e. The van der Waals surface area contributed by atoms with Gasteiger partial charge in [0, 0.05) is 32.3 Å². The number of likely N-dealkylation sites (N-methyl/N-ethyl adjacent to an activating group) is 1. The van der Waals surface area contributed by atoms with E-state index < -0.39 is 27.2 Å². The average molecular weight is 583 g/mol. The van der Waals surface area contributed by atoms with Crippen LogP contribution in [-0.4, -0.2) is 50.5 Å². The maximum Gasteiger partial charge on any atom is 0.245 e. The second-order valence-corrected chi connectivity index (χ2v) is 12.5. The Hall–Kier alpha value is -4.68. The molecule has 0 radical (unpaired) electrons. The Labute approximate surface area is 247 Å². The molecule has 4 rings (SSSR count). The van der Waals surface area contributed by atoms with E-state index in [-0.39, 0.29) is 18.7 Å². The van der Waals surface area contributed by atoms with Crippen molar-refractivity contribution in [3.05, 3.63) is 113 Å². The summed E-state index contributed by atoms with van der Waals surface area (Å²) in [6, 6.07) is 26.1. The number of carbonyl (C=O) groups excluding carboxylic acids is 2. The van der Waals surface area contributed by atoms with Gasteiger partial charge in [0.1, 0.15) is 6.04 Å². The van der Waals surface area contributed by atoms with Crippen molar-refractivity contribution in [1.82, 2.24) is 10.2 Å². The number of nitrogens with zero attached hydrogens (tertiary/aromatic N) is 2. The van der Waals surface area contributed by atoms with E-state index in [1.807, 2.05) is 62.4 Å². The van der Waals surface area contributed by atoms with Gasteiger partial charge in [0.05, 0.1) is 17.3 Å². The number of anilines is 1. The topological polar surface area (TPSA) is 119 Å². The molecule has 0 aliphatic heterocycles. The molecule has 0 bridgehead atoms. The summed E-state index contributed by atoms with van der Waals surface area (Å²) >= 11 is 0. The number of nitrogens with one attached hydrogen (secondary N) is 2. The summed E-state index contributed by atoms with van der Waals surface area (Å²) in [5.41, 5.74) is 4.16. The van der Waals surface area contributed by atoms with Crippen LogP contribution in [0.15, 0.2) is 84.9 Å². The highest BCUT2D eigenvalue weighted by Gasteiger charge is 2.36. The summed E-state index contributed by atoms with van der Waals surface area (Å²) in [6.07, 6.45) is 0.0410. The molecule has 0 aliphatic rings. The van der Waals surface area contributed by atoms with Crippen LogP contribution in [0.3, 0.4) is 0 Å². The zero-order valence-corrected chi connectivity index (χ0v) is 24.9. The van der Waals surface area contributed by atoms with Crippen LogP contribution >= 0.6 is 0 Å². The number of benzene rings is 4. The van der Waals surface area contributed by atoms with Gasteiger partial charge in [-0.1, -0.05) is 72.3 Å². The third kappa shape index (κ3) is 7.14. The number of rotatable bonds is 10. The number of fused-ring (bicyclic) bond motifs is 1. The van der Waals surface area contributed by atoms with E-state index in [0.717, 1.165) is 22.1 Å². The lowest BCUT2D eigenvalue weighted by Crippen LogP contribution is -2.53. The van der Waals surface area contributed by atoms with Gasteiger partial charge in [0.2, 0.25) is 21.8 Å². The summed E-state index contributed by atoms with van der Waals surface area (Å²) in [5, 5.41) is 11.9. The number of sulfonamides is 1. The third-order valence-corrected chi connectivity index (χ3v) is 8.82. The zero-order valence-electron chi connectivity index (χ0n) is 24.1. The van der Waals surface area contributed by atoms with Gasteiger partial charge < -0.3 is 10.2 Å². The first-order valence-corrected chi connectivity index (χ1v) is 15.1. The van der Waals surface area contributed by atoms with E-state index in [1.165, 1.54) is 4.90 Å². The first kappa shape index (κ1) is 30.3. The summed E-state index contributed by atoms with van der Waals surface area (Å²) in [7, 11) is -1.14. The molecule has 2 atom stereocenters. The van der Waals surface area contributed by atoms with Crippen molar-refractivity contribution in [1.29, 1.82) is 5.26 Å². The number of nitriles is 1. The third-order valence-electron chi connectivity index (χ3n) is 7.19. The van der Waals surface area contributed by atoms with E-state index in [0.29, 0.717) is 22.2 Å². The lowest BCUT2D eigenvalue weighted by atomic mass is 10.0. The number of hydrogen-bond donors (Lipinski definition) is 2. The van der Waals surface area contributed by atoms with E-state index in [9.17, 15) is 18.0 Å². The minimum Gasteiger partial charge on any atom is -0.347 e. The Morgan fingerprint density at radius 2 is 1.60 bits per heavy atom. The Kier molecular flexibility index (Phi) is 9.28. The van der Waals surface area contributed by atoms with Gasteiger partial charge in [-0.3, -0.25) is 14.3 Å². The highest BCUT2D eigenvalue weighted by atomic mass is 32.2. The molecule has 0 saturated carbocycles. The molecular weight excluding hydrogens is 548 g/mol. The normalized spacial score (nSPS) is 12.6. The van der Waals surface area contributed by atoms with Gasteiger partial charge in [-0.15, -0.1) is 0 Å². The Morgan fingerprint density at radius 1 is 0.905 bits per heavy atom. The average Bonchev–Trinajstić information content (AvgIpc) is 2.96. The predicted molar refractivity (Wildman–Crippen MR) is 165 cm³/mol. The summed E-state index contributed by atoms with van der Waals surface area (Å²) in [5.74, 6) is -1.16. The van der Waals surface area contributed by atoms with Crippen LogP contribution in [0.1, 0.15) is 27.8 Å². The minimum atomic E-state index is -4.29. The molecular formula is C33H34N4O4S. The Bertz CT molecular complexity index is 1750. The van der Waals surface area contributed by atoms with Crippen molar-refractivity contribution in [2.75, 3.05) is 18.8 Å². The summed E-state index contributed by atoms with van der Waals surface area (Å²) in [6.45, 7) is 3.83. The number of aryl methyl sites for hydroxylation is 2. The molecule has 0 fully saturated rings. The van der Waals surface area contributed by atoms with Crippen molar-refractivity contribution in [3.63, 3.8) is 0 Å². The molecule has 216 valence electrons. The molecule has 4 aromatic carbocycles. The zero-order chi connectivity index (χ0) is 30.4.